The lowest BCUT2D eigenvalue weighted by Crippen LogP contribution is -2.12. The molecule has 0 bridgehead atoms. The van der Waals surface area contributed by atoms with Crippen LogP contribution in [0.5, 0.6) is 0 Å². The molecule has 0 amide bonds. The monoisotopic (exact) mass is 312 g/mol. The van der Waals surface area contributed by atoms with E-state index in [1.165, 1.54) is 24.6 Å². The van der Waals surface area contributed by atoms with Gasteiger partial charge in [0.2, 0.25) is 0 Å². The Kier molecular flexibility index (Phi) is 4.39. The van der Waals surface area contributed by atoms with Crippen molar-refractivity contribution in [3.63, 3.8) is 0 Å². The van der Waals surface area contributed by atoms with Crippen LogP contribution in [0.25, 0.3) is 11.4 Å². The molecule has 1 aromatic carbocycles. The number of benzene rings is 1. The smallest absolute Gasteiger partial charge is 0.183 e. The van der Waals surface area contributed by atoms with E-state index >= 15 is 0 Å². The summed E-state index contributed by atoms with van der Waals surface area (Å²) < 4.78 is 2.19. The zero-order chi connectivity index (χ0) is 15.4. The third kappa shape index (κ3) is 2.97. The number of aryl methyl sites for hydroxylation is 1. The van der Waals surface area contributed by atoms with Gasteiger partial charge in [0.05, 0.1) is 5.69 Å². The summed E-state index contributed by atoms with van der Waals surface area (Å²) in [5, 5.41) is 20.5. The van der Waals surface area contributed by atoms with Gasteiger partial charge < -0.3 is 4.57 Å². The first-order valence-corrected chi connectivity index (χ1v) is 8.34. The summed E-state index contributed by atoms with van der Waals surface area (Å²) in [4.78, 5) is 4.44. The molecule has 7 heteroatoms. The summed E-state index contributed by atoms with van der Waals surface area (Å²) in [5.41, 5.74) is 1.79. The Morgan fingerprint density at radius 3 is 3.14 bits per heavy atom. The molecule has 2 heterocycles. The normalized spacial score (nSPS) is 14.3. The van der Waals surface area contributed by atoms with Crippen LogP contribution in [-0.4, -0.2) is 26.2 Å². The van der Waals surface area contributed by atoms with Gasteiger partial charge in [-0.15, -0.1) is 10.2 Å². The molecule has 0 unspecified atom stereocenters. The van der Waals surface area contributed by atoms with Crippen molar-refractivity contribution in [1.82, 2.24) is 20.1 Å². The predicted octanol–water partition coefficient (Wildman–Crippen LogP) is 2.70. The van der Waals surface area contributed by atoms with Crippen LogP contribution in [0, 0.1) is 11.5 Å². The van der Waals surface area contributed by atoms with E-state index in [4.69, 9.17) is 5.26 Å². The molecule has 0 aliphatic carbocycles. The Morgan fingerprint density at radius 2 is 2.32 bits per heavy atom. The van der Waals surface area contributed by atoms with Gasteiger partial charge in [-0.05, 0) is 31.2 Å². The van der Waals surface area contributed by atoms with Crippen LogP contribution in [0.3, 0.4) is 0 Å². The number of nitrogens with one attached hydrogen (secondary N) is 1. The lowest BCUT2D eigenvalue weighted by Gasteiger charge is -2.14. The van der Waals surface area contributed by atoms with Gasteiger partial charge in [-0.3, -0.25) is 5.32 Å². The molecule has 1 aliphatic heterocycles. The fraction of sp³-hybridized carbons (Fsp3) is 0.333. The molecule has 0 saturated carbocycles. The maximum Gasteiger partial charge on any atom is 0.183 e. The number of thioether (sulfide) groups is 1. The summed E-state index contributed by atoms with van der Waals surface area (Å²) in [6, 6.07) is 7.85. The van der Waals surface area contributed by atoms with Gasteiger partial charge in [0.1, 0.15) is 5.82 Å². The van der Waals surface area contributed by atoms with E-state index in [2.05, 4.69) is 25.1 Å². The van der Waals surface area contributed by atoms with Gasteiger partial charge in [0, 0.05) is 18.5 Å². The van der Waals surface area contributed by atoms with E-state index in [0.29, 0.717) is 5.17 Å². The predicted molar refractivity (Wildman–Crippen MR) is 87.8 cm³/mol. The van der Waals surface area contributed by atoms with Crippen molar-refractivity contribution in [2.75, 3.05) is 6.26 Å². The quantitative estimate of drug-likeness (QED) is 0.399. The molecule has 1 N–H and O–H groups in total. The molecule has 6 nitrogen and oxygen atoms in total. The summed E-state index contributed by atoms with van der Waals surface area (Å²) in [6.45, 7) is 0.969. The second kappa shape index (κ2) is 6.62. The van der Waals surface area contributed by atoms with Crippen LogP contribution in [0.4, 0.5) is 5.69 Å². The maximum atomic E-state index is 8.71. The number of hydrogen-bond donors (Lipinski definition) is 1. The summed E-state index contributed by atoms with van der Waals surface area (Å²) in [7, 11) is 0. The first kappa shape index (κ1) is 14.6. The fourth-order valence-electron chi connectivity index (χ4n) is 2.53. The molecule has 1 aliphatic rings. The van der Waals surface area contributed by atoms with Crippen molar-refractivity contribution in [2.45, 2.75) is 25.8 Å². The van der Waals surface area contributed by atoms with Crippen LogP contribution < -0.4 is 5.32 Å². The summed E-state index contributed by atoms with van der Waals surface area (Å²) in [5.74, 6) is 1.96. The van der Waals surface area contributed by atoms with E-state index < -0.39 is 0 Å². The van der Waals surface area contributed by atoms with Crippen molar-refractivity contribution >= 4 is 22.6 Å². The Bertz CT molecular complexity index is 743. The first-order chi connectivity index (χ1) is 10.8. The molecule has 0 atom stereocenters. The average Bonchev–Trinajstić information content (AvgIpc) is 2.99. The third-order valence-electron chi connectivity index (χ3n) is 3.55. The van der Waals surface area contributed by atoms with Crippen molar-refractivity contribution < 1.29 is 0 Å². The minimum atomic E-state index is 0.572. The molecule has 22 heavy (non-hydrogen) atoms. The maximum absolute atomic E-state index is 8.71. The van der Waals surface area contributed by atoms with Crippen LogP contribution in [0.15, 0.2) is 29.3 Å². The van der Waals surface area contributed by atoms with Gasteiger partial charge in [-0.2, -0.15) is 5.26 Å². The number of nitriles is 1. The molecular weight excluding hydrogens is 296 g/mol. The van der Waals surface area contributed by atoms with Crippen molar-refractivity contribution in [1.29, 1.82) is 5.26 Å². The van der Waals surface area contributed by atoms with Gasteiger partial charge in [-0.1, -0.05) is 23.9 Å². The van der Waals surface area contributed by atoms with Gasteiger partial charge in [0.25, 0.3) is 0 Å². The van der Waals surface area contributed by atoms with Crippen molar-refractivity contribution in [2.24, 2.45) is 4.99 Å². The van der Waals surface area contributed by atoms with Crippen LogP contribution in [-0.2, 0) is 13.0 Å². The number of fused-ring (bicyclic) bond motifs is 1. The number of hydrogen-bond acceptors (Lipinski definition) is 5. The average molecular weight is 312 g/mol. The lowest BCUT2D eigenvalue weighted by atomic mass is 10.1. The van der Waals surface area contributed by atoms with Gasteiger partial charge in [-0.25, -0.2) is 4.99 Å². The molecule has 1 aromatic heterocycles. The Balaban J connectivity index is 1.95. The molecule has 0 radical (unpaired) electrons. The largest absolute Gasteiger partial charge is 0.311 e. The highest BCUT2D eigenvalue weighted by Gasteiger charge is 2.16. The van der Waals surface area contributed by atoms with Gasteiger partial charge in [0.15, 0.2) is 17.2 Å². The Labute approximate surface area is 133 Å². The molecule has 0 spiro atoms. The van der Waals surface area contributed by atoms with E-state index in [1.807, 2.05) is 36.7 Å². The topological polar surface area (TPSA) is 78.9 Å². The number of rotatable bonds is 2. The Morgan fingerprint density at radius 1 is 1.41 bits per heavy atom. The number of amidine groups is 1. The van der Waals surface area contributed by atoms with Crippen molar-refractivity contribution in [3.05, 3.63) is 30.1 Å². The SMILES string of the molecule is CSC(=Nc1cccc(-c2nnc3n2CCCC3)c1)NC#N. The second-order valence-electron chi connectivity index (χ2n) is 4.96. The highest BCUT2D eigenvalue weighted by atomic mass is 32.2. The van der Waals surface area contributed by atoms with Crippen molar-refractivity contribution in [3.8, 4) is 17.6 Å². The Hall–Kier alpha value is -2.33. The highest BCUT2D eigenvalue weighted by molar-refractivity contribution is 8.13. The molecule has 0 saturated heterocycles. The number of nitrogens with zero attached hydrogens (tertiary/aromatic N) is 5. The summed E-state index contributed by atoms with van der Waals surface area (Å²) in [6.07, 6.45) is 7.11. The second-order valence-corrected chi connectivity index (χ2v) is 5.75. The van der Waals surface area contributed by atoms with Gasteiger partial charge >= 0.3 is 0 Å². The van der Waals surface area contributed by atoms with E-state index in [9.17, 15) is 0 Å². The standard InChI is InChI=1S/C15H16N6S/c1-22-15(17-10-16)18-12-6-4-5-11(9-12)14-20-19-13-7-2-3-8-21(13)14/h4-6,9H,2-3,7-8H2,1H3,(H,17,18). The first-order valence-electron chi connectivity index (χ1n) is 7.12. The minimum Gasteiger partial charge on any atom is -0.311 e. The number of aliphatic imine (C=N–C) groups is 1. The van der Waals surface area contributed by atoms with E-state index in [0.717, 1.165) is 35.9 Å². The third-order valence-corrected chi connectivity index (χ3v) is 4.13. The lowest BCUT2D eigenvalue weighted by molar-refractivity contribution is 0.526. The molecule has 2 aromatic rings. The molecule has 3 rings (SSSR count). The summed E-state index contributed by atoms with van der Waals surface area (Å²) >= 11 is 1.40. The van der Waals surface area contributed by atoms with E-state index in [-0.39, 0.29) is 0 Å². The van der Waals surface area contributed by atoms with Crippen LogP contribution in [0.1, 0.15) is 18.7 Å². The number of aromatic nitrogens is 3. The highest BCUT2D eigenvalue weighted by Crippen LogP contribution is 2.26. The zero-order valence-electron chi connectivity index (χ0n) is 12.3. The zero-order valence-corrected chi connectivity index (χ0v) is 13.1. The molecular formula is C15H16N6S. The fourth-order valence-corrected chi connectivity index (χ4v) is 2.87. The van der Waals surface area contributed by atoms with Crippen LogP contribution in [0.2, 0.25) is 0 Å². The van der Waals surface area contributed by atoms with Crippen LogP contribution >= 0.6 is 11.8 Å². The molecule has 112 valence electrons. The molecule has 0 fully saturated rings. The van der Waals surface area contributed by atoms with E-state index in [1.54, 1.807) is 0 Å². The minimum absolute atomic E-state index is 0.572.